The molecule has 0 bridgehead atoms. The zero-order chi connectivity index (χ0) is 53.6. The molecule has 0 spiro atoms. The minimum absolute atomic E-state index is 0.161. The molecule has 2 saturated heterocycles. The first kappa shape index (κ1) is 64.7. The number of nitrogens with zero attached hydrogens (tertiary/aromatic N) is 2. The second-order valence-corrected chi connectivity index (χ2v) is 22.1. The van der Waals surface area contributed by atoms with Gasteiger partial charge in [0.05, 0.1) is 0 Å². The predicted molar refractivity (Wildman–Crippen MR) is 320 cm³/mol. The van der Waals surface area contributed by atoms with Crippen molar-refractivity contribution in [1.29, 1.82) is 0 Å². The zero-order valence-corrected chi connectivity index (χ0v) is 48.1. The average Bonchev–Trinajstić information content (AvgIpc) is 3.88. The van der Waals surface area contributed by atoms with Gasteiger partial charge < -0.3 is 64.2 Å². The largest absolute Gasteiger partial charge is 0.356 e. The molecule has 2 heterocycles. The first-order valence-corrected chi connectivity index (χ1v) is 30.5. The van der Waals surface area contributed by atoms with Crippen LogP contribution in [0.3, 0.4) is 0 Å². The van der Waals surface area contributed by atoms with E-state index in [0.717, 1.165) is 148 Å². The summed E-state index contributed by atoms with van der Waals surface area (Å²) in [6, 6.07) is 24.0. The third-order valence-corrected chi connectivity index (χ3v) is 16.0. The van der Waals surface area contributed by atoms with Crippen LogP contribution in [0.25, 0.3) is 5.57 Å². The summed E-state index contributed by atoms with van der Waals surface area (Å²) in [7, 11) is 0. The van der Waals surface area contributed by atoms with Gasteiger partial charge in [-0.1, -0.05) is 121 Å². The molecule has 1 amide bonds. The molecule has 2 aromatic rings. The summed E-state index contributed by atoms with van der Waals surface area (Å²) in [5.41, 5.74) is 16.0. The van der Waals surface area contributed by atoms with E-state index in [-0.39, 0.29) is 36.1 Å². The predicted octanol–water partition coefficient (Wildman–Crippen LogP) is 5.94. The highest BCUT2D eigenvalue weighted by Crippen LogP contribution is 2.20. The van der Waals surface area contributed by atoms with E-state index in [1.807, 2.05) is 0 Å². The number of fused-ring (bicyclic) bond motifs is 1. The molecule has 0 saturated carbocycles. The molecule has 2 aliphatic rings. The first-order valence-electron chi connectivity index (χ1n) is 30.5. The maximum Gasteiger partial charge on any atom is 0.220 e. The minimum atomic E-state index is 0.161. The second-order valence-electron chi connectivity index (χ2n) is 22.1. The molecular weight excluding hydrogens is 931 g/mol. The summed E-state index contributed by atoms with van der Waals surface area (Å²) >= 11 is 0. The molecule has 0 aromatic heterocycles. The maximum atomic E-state index is 13.6. The molecule has 14 heteroatoms. The molecular formula is C61H113N13O. The van der Waals surface area contributed by atoms with Crippen LogP contribution in [0, 0.1) is 0 Å². The summed E-state index contributed by atoms with van der Waals surface area (Å²) in [5, 5.41) is 34.8. The van der Waals surface area contributed by atoms with Crippen LogP contribution in [0.4, 0.5) is 0 Å². The normalized spacial score (nSPS) is 23.5. The molecule has 2 fully saturated rings. The van der Waals surface area contributed by atoms with Crippen LogP contribution in [0.5, 0.6) is 0 Å². The molecule has 0 radical (unpaired) electrons. The van der Waals surface area contributed by atoms with E-state index >= 15 is 0 Å². The fraction of sp³-hybridized carbons (Fsp3) is 0.754. The number of nitrogens with two attached hydrogens (primary N) is 2. The smallest absolute Gasteiger partial charge is 0.220 e. The monoisotopic (exact) mass is 1040 g/mol. The lowest BCUT2D eigenvalue weighted by Gasteiger charge is -2.33. The maximum absolute atomic E-state index is 13.6. The third kappa shape index (κ3) is 28.6. The van der Waals surface area contributed by atoms with Gasteiger partial charge in [-0.3, -0.25) is 9.69 Å². The molecule has 428 valence electrons. The van der Waals surface area contributed by atoms with E-state index in [1.54, 1.807) is 0 Å². The summed E-state index contributed by atoms with van der Waals surface area (Å²) in [4.78, 5) is 18.9. The number of carbonyl (C=O) groups excluding carboxylic acids is 1. The van der Waals surface area contributed by atoms with Crippen molar-refractivity contribution in [1.82, 2.24) is 57.7 Å². The van der Waals surface area contributed by atoms with Crippen molar-refractivity contribution in [2.45, 2.75) is 192 Å². The molecule has 14 nitrogen and oxygen atoms in total. The highest BCUT2D eigenvalue weighted by Gasteiger charge is 2.29. The SMILES string of the molecule is C=C(C[C@H]1CN[C@H](CN)CCCCNC(=O)CC[C@H](NC[C@H](CCCC)NC[C@H](CCCCN(CC)CC)NCCC)CN2CCC[C@H]2CN[C@H](Cc2ccccc2)CN[C@@H](CCCNCN)CN1)c1ccccc1. The number of hydrogen-bond acceptors (Lipinski definition) is 13. The minimum Gasteiger partial charge on any atom is -0.356 e. The van der Waals surface area contributed by atoms with Gasteiger partial charge in [0, 0.05) is 120 Å². The van der Waals surface area contributed by atoms with Crippen LogP contribution in [0.15, 0.2) is 67.2 Å². The van der Waals surface area contributed by atoms with Crippen molar-refractivity contribution in [2.75, 3.05) is 105 Å². The standard InChI is InChI=1S/C61H113N13O/c1-6-10-27-55(68-42-54(65-34-7-2)29-18-20-37-73(8-3)9-4)43-70-57-32-33-61(75)66-36-19-17-28-53(41-62)67-45-58(39-50(5)52-25-15-12-16-26-52)71-44-56(30-21-35-64-49-63)69-46-59(40-51-23-13-11-14-24-51)72-47-60-31-22-38-74(60)48-57/h11-16,23-26,53-60,64-65,67-72H,5-10,17-22,27-49,62-63H2,1-4H3,(H,66,75)/t53-,54-,55-,56-,57-,58-,59+,60-/m0/s1. The van der Waals surface area contributed by atoms with Gasteiger partial charge in [0.25, 0.3) is 0 Å². The van der Waals surface area contributed by atoms with E-state index in [9.17, 15) is 4.79 Å². The average molecular weight is 1040 g/mol. The zero-order valence-electron chi connectivity index (χ0n) is 48.1. The number of rotatable bonds is 30. The lowest BCUT2D eigenvalue weighted by molar-refractivity contribution is -0.121. The molecule has 2 aliphatic heterocycles. The highest BCUT2D eigenvalue weighted by molar-refractivity contribution is 5.75. The van der Waals surface area contributed by atoms with Crippen molar-refractivity contribution >= 4 is 11.5 Å². The summed E-state index contributed by atoms with van der Waals surface area (Å²) in [5.74, 6) is 0.161. The lowest BCUT2D eigenvalue weighted by atomic mass is 9.99. The number of nitrogens with one attached hydrogen (secondary N) is 9. The Bertz CT molecular complexity index is 1690. The Morgan fingerprint density at radius 3 is 2.19 bits per heavy atom. The molecule has 13 N–H and O–H groups in total. The molecule has 2 aromatic carbocycles. The van der Waals surface area contributed by atoms with Crippen molar-refractivity contribution in [2.24, 2.45) is 11.5 Å². The second kappa shape index (κ2) is 41.2. The van der Waals surface area contributed by atoms with Gasteiger partial charge in [-0.05, 0) is 139 Å². The van der Waals surface area contributed by atoms with Crippen LogP contribution < -0.4 is 59.3 Å². The number of benzene rings is 2. The van der Waals surface area contributed by atoms with Crippen LogP contribution in [0.2, 0.25) is 0 Å². The summed E-state index contributed by atoms with van der Waals surface area (Å²) in [6.45, 7) is 28.2. The molecule has 0 unspecified atom stereocenters. The fourth-order valence-corrected chi connectivity index (χ4v) is 11.1. The van der Waals surface area contributed by atoms with Crippen molar-refractivity contribution in [3.05, 3.63) is 78.4 Å². The topological polar surface area (TPSA) is 184 Å². The van der Waals surface area contributed by atoms with Gasteiger partial charge >= 0.3 is 0 Å². The Morgan fingerprint density at radius 1 is 0.733 bits per heavy atom. The van der Waals surface area contributed by atoms with Crippen molar-refractivity contribution in [3.63, 3.8) is 0 Å². The van der Waals surface area contributed by atoms with E-state index in [1.165, 1.54) is 62.6 Å². The van der Waals surface area contributed by atoms with Crippen molar-refractivity contribution < 1.29 is 4.79 Å². The van der Waals surface area contributed by atoms with Gasteiger partial charge in [-0.25, -0.2) is 0 Å². The molecule has 0 aliphatic carbocycles. The Labute approximate surface area is 458 Å². The van der Waals surface area contributed by atoms with E-state index < -0.39 is 0 Å². The Morgan fingerprint density at radius 2 is 1.44 bits per heavy atom. The van der Waals surface area contributed by atoms with Gasteiger partial charge in [0.15, 0.2) is 0 Å². The van der Waals surface area contributed by atoms with Gasteiger partial charge in [-0.2, -0.15) is 0 Å². The van der Waals surface area contributed by atoms with Crippen LogP contribution >= 0.6 is 0 Å². The first-order chi connectivity index (χ1) is 36.8. The number of carbonyl (C=O) groups is 1. The van der Waals surface area contributed by atoms with Gasteiger partial charge in [-0.15, -0.1) is 0 Å². The fourth-order valence-electron chi connectivity index (χ4n) is 11.1. The summed E-state index contributed by atoms with van der Waals surface area (Å²) in [6.07, 6.45) is 18.9. The van der Waals surface area contributed by atoms with E-state index in [2.05, 4.69) is 153 Å². The molecule has 4 rings (SSSR count). The molecule has 75 heavy (non-hydrogen) atoms. The summed E-state index contributed by atoms with van der Waals surface area (Å²) < 4.78 is 0. The number of unbranched alkanes of at least 4 members (excludes halogenated alkanes) is 2. The Hall–Kier alpha value is -2.83. The van der Waals surface area contributed by atoms with E-state index in [4.69, 9.17) is 11.5 Å². The third-order valence-electron chi connectivity index (χ3n) is 16.0. The van der Waals surface area contributed by atoms with Crippen LogP contribution in [-0.4, -0.2) is 169 Å². The quantitative estimate of drug-likeness (QED) is 0.0327. The number of hydrogen-bond donors (Lipinski definition) is 11. The lowest BCUT2D eigenvalue weighted by Crippen LogP contribution is -2.53. The Kier molecular flexibility index (Phi) is 35.6. The van der Waals surface area contributed by atoms with Gasteiger partial charge in [0.2, 0.25) is 5.91 Å². The van der Waals surface area contributed by atoms with Gasteiger partial charge in [0.1, 0.15) is 0 Å². The van der Waals surface area contributed by atoms with Crippen LogP contribution in [-0.2, 0) is 11.2 Å². The number of amides is 1. The Balaban J connectivity index is 1.51. The molecule has 8 atom stereocenters. The van der Waals surface area contributed by atoms with E-state index in [0.29, 0.717) is 44.3 Å². The van der Waals surface area contributed by atoms with Crippen LogP contribution in [0.1, 0.15) is 148 Å². The van der Waals surface area contributed by atoms with Crippen molar-refractivity contribution in [3.8, 4) is 0 Å². The highest BCUT2D eigenvalue weighted by atomic mass is 16.1.